The van der Waals surface area contributed by atoms with Crippen molar-refractivity contribution in [3.05, 3.63) is 0 Å². The SMILES string of the molecule is CC(CCC(CC(O)C(O)C(O)OP(=O)(O)O)C(C)CC(C)(C)C)CC(C)(C)C. The Labute approximate surface area is 177 Å². The largest absolute Gasteiger partial charge is 0.472 e. The van der Waals surface area contributed by atoms with Gasteiger partial charge in [-0.05, 0) is 54.3 Å². The highest BCUT2D eigenvalue weighted by Crippen LogP contribution is 2.39. The van der Waals surface area contributed by atoms with Crippen LogP contribution < -0.4 is 0 Å². The van der Waals surface area contributed by atoms with Gasteiger partial charge >= 0.3 is 7.82 Å². The molecule has 6 unspecified atom stereocenters. The summed E-state index contributed by atoms with van der Waals surface area (Å²) < 4.78 is 15.0. The fraction of sp³-hybridized carbons (Fsp3) is 1.00. The second kappa shape index (κ2) is 11.6. The summed E-state index contributed by atoms with van der Waals surface area (Å²) in [4.78, 5) is 17.6. The molecule has 0 aromatic heterocycles. The number of phosphoric acid groups is 1. The predicted octanol–water partition coefficient (Wildman–Crippen LogP) is 4.07. The lowest BCUT2D eigenvalue weighted by Gasteiger charge is -2.34. The fourth-order valence-electron chi connectivity index (χ4n) is 4.26. The average Bonchev–Trinajstić information content (AvgIpc) is 2.44. The number of rotatable bonds is 12. The molecular weight excluding hydrogens is 395 g/mol. The lowest BCUT2D eigenvalue weighted by molar-refractivity contribution is -0.154. The Balaban J connectivity index is 5.11. The first-order valence-corrected chi connectivity index (χ1v) is 12.1. The van der Waals surface area contributed by atoms with Gasteiger partial charge in [-0.15, -0.1) is 0 Å². The van der Waals surface area contributed by atoms with Crippen molar-refractivity contribution in [2.75, 3.05) is 0 Å². The van der Waals surface area contributed by atoms with Gasteiger partial charge in [0.1, 0.15) is 6.10 Å². The van der Waals surface area contributed by atoms with Crippen LogP contribution in [-0.4, -0.2) is 43.6 Å². The Bertz CT molecular complexity index is 506. The van der Waals surface area contributed by atoms with Crippen LogP contribution in [0.25, 0.3) is 0 Å². The molecule has 0 saturated heterocycles. The molecule has 0 bridgehead atoms. The van der Waals surface area contributed by atoms with E-state index in [9.17, 15) is 19.9 Å². The maximum atomic E-state index is 10.9. The third-order valence-corrected chi connectivity index (χ3v) is 5.70. The third kappa shape index (κ3) is 14.6. The minimum atomic E-state index is -4.96. The van der Waals surface area contributed by atoms with Crippen molar-refractivity contribution in [2.24, 2.45) is 28.6 Å². The van der Waals surface area contributed by atoms with Crippen molar-refractivity contribution >= 4 is 7.82 Å². The van der Waals surface area contributed by atoms with E-state index < -0.39 is 26.3 Å². The Morgan fingerprint density at radius 3 is 1.76 bits per heavy atom. The van der Waals surface area contributed by atoms with Crippen molar-refractivity contribution in [2.45, 2.75) is 106 Å². The van der Waals surface area contributed by atoms with Crippen LogP contribution in [0.3, 0.4) is 0 Å². The van der Waals surface area contributed by atoms with Gasteiger partial charge in [-0.25, -0.2) is 4.57 Å². The monoisotopic (exact) mass is 440 g/mol. The minimum absolute atomic E-state index is 0.101. The summed E-state index contributed by atoms with van der Waals surface area (Å²) in [6, 6.07) is 0. The Morgan fingerprint density at radius 2 is 1.34 bits per heavy atom. The predicted molar refractivity (Wildman–Crippen MR) is 115 cm³/mol. The minimum Gasteiger partial charge on any atom is -0.390 e. The Morgan fingerprint density at radius 1 is 0.862 bits per heavy atom. The molecule has 5 N–H and O–H groups in total. The van der Waals surface area contributed by atoms with E-state index in [-0.39, 0.29) is 29.1 Å². The molecule has 0 aliphatic heterocycles. The number of aliphatic hydroxyl groups is 3. The standard InChI is InChI=1S/C21H45O7P/c1-14(12-20(3,4)5)9-10-16(15(2)13-21(6,7)8)11-17(22)18(23)19(24)28-29(25,26)27/h14-19,22-24H,9-13H2,1-8H3,(H2,25,26,27). The summed E-state index contributed by atoms with van der Waals surface area (Å²) in [6.45, 7) is 17.5. The first-order valence-electron chi connectivity index (χ1n) is 10.6. The molecular formula is C21H45O7P. The molecule has 8 heteroatoms. The summed E-state index contributed by atoms with van der Waals surface area (Å²) in [6.07, 6.45) is -1.18. The van der Waals surface area contributed by atoms with Gasteiger partial charge in [0, 0.05) is 0 Å². The van der Waals surface area contributed by atoms with Crippen LogP contribution in [-0.2, 0) is 9.09 Å². The topological polar surface area (TPSA) is 127 Å². The number of hydrogen-bond acceptors (Lipinski definition) is 5. The summed E-state index contributed by atoms with van der Waals surface area (Å²) in [5.41, 5.74) is 0.354. The summed E-state index contributed by atoms with van der Waals surface area (Å²) in [5, 5.41) is 30.2. The molecule has 0 aromatic carbocycles. The van der Waals surface area contributed by atoms with Gasteiger partial charge in [0.25, 0.3) is 0 Å². The van der Waals surface area contributed by atoms with Gasteiger partial charge in [-0.2, -0.15) is 0 Å². The molecule has 7 nitrogen and oxygen atoms in total. The third-order valence-electron chi connectivity index (χ3n) is 5.21. The van der Waals surface area contributed by atoms with E-state index in [2.05, 4.69) is 59.9 Å². The number of hydrogen-bond donors (Lipinski definition) is 5. The molecule has 29 heavy (non-hydrogen) atoms. The van der Waals surface area contributed by atoms with Gasteiger partial charge < -0.3 is 25.1 Å². The van der Waals surface area contributed by atoms with E-state index in [0.717, 1.165) is 25.7 Å². The molecule has 0 aromatic rings. The molecule has 0 amide bonds. The molecule has 0 saturated carbocycles. The maximum Gasteiger partial charge on any atom is 0.472 e. The Kier molecular flexibility index (Phi) is 11.6. The summed E-state index contributed by atoms with van der Waals surface area (Å²) in [7, 11) is -4.96. The van der Waals surface area contributed by atoms with E-state index in [1.54, 1.807) is 0 Å². The van der Waals surface area contributed by atoms with Crippen LogP contribution >= 0.6 is 7.82 Å². The van der Waals surface area contributed by atoms with Crippen molar-refractivity contribution in [3.8, 4) is 0 Å². The fourth-order valence-corrected chi connectivity index (χ4v) is 4.66. The zero-order chi connectivity index (χ0) is 23.2. The number of aliphatic hydroxyl groups excluding tert-OH is 3. The second-order valence-electron chi connectivity index (χ2n) is 11.2. The highest BCUT2D eigenvalue weighted by molar-refractivity contribution is 7.46. The zero-order valence-corrected chi connectivity index (χ0v) is 20.4. The molecule has 0 rings (SSSR count). The van der Waals surface area contributed by atoms with E-state index >= 15 is 0 Å². The average molecular weight is 441 g/mol. The number of phosphoric ester groups is 1. The normalized spacial score (nSPS) is 20.0. The van der Waals surface area contributed by atoms with Crippen LogP contribution in [0.4, 0.5) is 0 Å². The van der Waals surface area contributed by atoms with Crippen LogP contribution in [0.1, 0.15) is 87.5 Å². The maximum absolute atomic E-state index is 10.9. The van der Waals surface area contributed by atoms with Crippen LogP contribution in [0.2, 0.25) is 0 Å². The van der Waals surface area contributed by atoms with E-state index in [1.807, 2.05) is 0 Å². The van der Waals surface area contributed by atoms with Gasteiger partial charge in [-0.3, -0.25) is 4.52 Å². The second-order valence-corrected chi connectivity index (χ2v) is 12.4. The smallest absolute Gasteiger partial charge is 0.390 e. The lowest BCUT2D eigenvalue weighted by atomic mass is 9.74. The molecule has 0 aliphatic carbocycles. The van der Waals surface area contributed by atoms with Gasteiger partial charge in [-0.1, -0.05) is 61.8 Å². The molecule has 0 heterocycles. The van der Waals surface area contributed by atoms with Crippen molar-refractivity contribution < 1.29 is 34.2 Å². The molecule has 176 valence electrons. The van der Waals surface area contributed by atoms with Crippen LogP contribution in [0, 0.1) is 28.6 Å². The zero-order valence-electron chi connectivity index (χ0n) is 19.5. The van der Waals surface area contributed by atoms with Crippen molar-refractivity contribution in [3.63, 3.8) is 0 Å². The van der Waals surface area contributed by atoms with Gasteiger partial charge in [0.2, 0.25) is 0 Å². The van der Waals surface area contributed by atoms with Crippen molar-refractivity contribution in [1.82, 2.24) is 0 Å². The first-order chi connectivity index (χ1) is 12.8. The Hall–Kier alpha value is -0.0100. The van der Waals surface area contributed by atoms with E-state index in [1.165, 1.54) is 0 Å². The van der Waals surface area contributed by atoms with Crippen LogP contribution in [0.5, 0.6) is 0 Å². The van der Waals surface area contributed by atoms with Gasteiger partial charge in [0.05, 0.1) is 6.10 Å². The van der Waals surface area contributed by atoms with Crippen LogP contribution in [0.15, 0.2) is 0 Å². The molecule has 0 radical (unpaired) electrons. The highest BCUT2D eigenvalue weighted by Gasteiger charge is 2.34. The molecule has 0 spiro atoms. The molecule has 0 aliphatic rings. The summed E-state index contributed by atoms with van der Waals surface area (Å²) >= 11 is 0. The van der Waals surface area contributed by atoms with E-state index in [0.29, 0.717) is 5.92 Å². The van der Waals surface area contributed by atoms with Crippen molar-refractivity contribution in [1.29, 1.82) is 0 Å². The van der Waals surface area contributed by atoms with Gasteiger partial charge in [0.15, 0.2) is 6.29 Å². The molecule has 6 atom stereocenters. The first kappa shape index (κ1) is 29.0. The quantitative estimate of drug-likeness (QED) is 0.229. The van der Waals surface area contributed by atoms with E-state index in [4.69, 9.17) is 9.79 Å². The molecule has 0 fully saturated rings. The lowest BCUT2D eigenvalue weighted by Crippen LogP contribution is -2.40. The highest BCUT2D eigenvalue weighted by atomic mass is 31.2. The summed E-state index contributed by atoms with van der Waals surface area (Å²) in [5.74, 6) is 0.895.